The van der Waals surface area contributed by atoms with Crippen LogP contribution in [-0.2, 0) is 6.42 Å². The van der Waals surface area contributed by atoms with E-state index in [-0.39, 0.29) is 0 Å². The van der Waals surface area contributed by atoms with Crippen molar-refractivity contribution >= 4 is 21.4 Å². The molecule has 1 unspecified atom stereocenters. The van der Waals surface area contributed by atoms with E-state index in [1.54, 1.807) is 11.3 Å². The van der Waals surface area contributed by atoms with Crippen molar-refractivity contribution < 1.29 is 5.11 Å². The Hall–Kier alpha value is -1.64. The minimum absolute atomic E-state index is 0.423. The van der Waals surface area contributed by atoms with Crippen LogP contribution in [0.1, 0.15) is 27.7 Å². The van der Waals surface area contributed by atoms with E-state index in [9.17, 15) is 5.11 Å². The molecule has 0 aliphatic rings. The monoisotopic (exact) mass is 282 g/mol. The maximum Gasteiger partial charge on any atom is 0.0922 e. The van der Waals surface area contributed by atoms with Crippen molar-refractivity contribution in [1.82, 2.24) is 0 Å². The summed E-state index contributed by atoms with van der Waals surface area (Å²) in [4.78, 5) is 1.05. The zero-order chi connectivity index (χ0) is 14.1. The third kappa shape index (κ3) is 2.77. The van der Waals surface area contributed by atoms with Crippen molar-refractivity contribution in [2.75, 3.05) is 0 Å². The molecule has 102 valence electrons. The van der Waals surface area contributed by atoms with Crippen LogP contribution in [-0.4, -0.2) is 5.11 Å². The largest absolute Gasteiger partial charge is 0.387 e. The van der Waals surface area contributed by atoms with Gasteiger partial charge in [-0.25, -0.2) is 0 Å². The molecule has 1 nitrogen and oxygen atoms in total. The average Bonchev–Trinajstić information content (AvgIpc) is 2.81. The predicted octanol–water partition coefficient (Wildman–Crippen LogP) is 4.79. The van der Waals surface area contributed by atoms with Crippen molar-refractivity contribution in [2.24, 2.45) is 0 Å². The lowest BCUT2D eigenvalue weighted by atomic mass is 10.0. The third-order valence-electron chi connectivity index (χ3n) is 3.48. The molecule has 0 aliphatic heterocycles. The van der Waals surface area contributed by atoms with Gasteiger partial charge in [-0.2, -0.15) is 0 Å². The summed E-state index contributed by atoms with van der Waals surface area (Å²) in [5.74, 6) is 0. The first-order valence-corrected chi connectivity index (χ1v) is 7.67. The number of hydrogen-bond acceptors (Lipinski definition) is 2. The topological polar surface area (TPSA) is 20.2 Å². The van der Waals surface area contributed by atoms with E-state index in [0.717, 1.165) is 4.88 Å². The number of aliphatic hydroxyl groups is 1. The molecule has 3 aromatic rings. The van der Waals surface area contributed by atoms with Gasteiger partial charge in [-0.15, -0.1) is 11.3 Å². The quantitative estimate of drug-likeness (QED) is 0.732. The second-order valence-electron chi connectivity index (χ2n) is 5.40. The molecule has 0 radical (unpaired) electrons. The molecule has 20 heavy (non-hydrogen) atoms. The summed E-state index contributed by atoms with van der Waals surface area (Å²) >= 11 is 1.68. The third-order valence-corrected chi connectivity index (χ3v) is 4.70. The summed E-state index contributed by atoms with van der Waals surface area (Å²) in [5, 5.41) is 11.7. The van der Waals surface area contributed by atoms with Crippen molar-refractivity contribution in [3.05, 3.63) is 70.1 Å². The van der Waals surface area contributed by atoms with Crippen LogP contribution in [0.2, 0.25) is 0 Å². The highest BCUT2D eigenvalue weighted by Gasteiger charge is 2.12. The van der Waals surface area contributed by atoms with Crippen LogP contribution in [0.3, 0.4) is 0 Å². The fourth-order valence-electron chi connectivity index (χ4n) is 2.68. The molecule has 0 fully saturated rings. The van der Waals surface area contributed by atoms with Gasteiger partial charge in [0.1, 0.15) is 0 Å². The summed E-state index contributed by atoms with van der Waals surface area (Å²) < 4.78 is 1.24. The predicted molar refractivity (Wildman–Crippen MR) is 86.4 cm³/mol. The van der Waals surface area contributed by atoms with Crippen LogP contribution in [0.25, 0.3) is 10.1 Å². The van der Waals surface area contributed by atoms with Crippen molar-refractivity contribution in [3.63, 3.8) is 0 Å². The van der Waals surface area contributed by atoms with Crippen molar-refractivity contribution in [2.45, 2.75) is 26.4 Å². The van der Waals surface area contributed by atoms with E-state index in [0.29, 0.717) is 6.42 Å². The number of thiophene rings is 1. The number of hydrogen-bond donors (Lipinski definition) is 1. The molecule has 1 N–H and O–H groups in total. The van der Waals surface area contributed by atoms with Crippen molar-refractivity contribution in [1.29, 1.82) is 0 Å². The molecule has 2 heteroatoms. The van der Waals surface area contributed by atoms with Crippen LogP contribution < -0.4 is 0 Å². The molecule has 0 saturated carbocycles. The lowest BCUT2D eigenvalue weighted by molar-refractivity contribution is 0.182. The van der Waals surface area contributed by atoms with Gasteiger partial charge in [-0.05, 0) is 36.9 Å². The maximum atomic E-state index is 10.5. The number of aliphatic hydroxyl groups excluding tert-OH is 1. The molecule has 0 bridgehead atoms. The Bertz CT molecular complexity index is 689. The maximum absolute atomic E-state index is 10.5. The molecule has 1 heterocycles. The average molecular weight is 282 g/mol. The van der Waals surface area contributed by atoms with Gasteiger partial charge in [0.2, 0.25) is 0 Å². The molecule has 2 aromatic carbocycles. The van der Waals surface area contributed by atoms with Gasteiger partial charge in [0.05, 0.1) is 6.10 Å². The van der Waals surface area contributed by atoms with Crippen LogP contribution in [0.4, 0.5) is 0 Å². The van der Waals surface area contributed by atoms with E-state index >= 15 is 0 Å². The number of aryl methyl sites for hydroxylation is 2. The zero-order valence-corrected chi connectivity index (χ0v) is 12.6. The van der Waals surface area contributed by atoms with E-state index in [1.165, 1.54) is 26.8 Å². The van der Waals surface area contributed by atoms with E-state index in [4.69, 9.17) is 0 Å². The van der Waals surface area contributed by atoms with E-state index in [1.807, 2.05) is 12.1 Å². The van der Waals surface area contributed by atoms with Crippen LogP contribution in [0, 0.1) is 13.8 Å². The highest BCUT2D eigenvalue weighted by atomic mass is 32.1. The summed E-state index contributed by atoms with van der Waals surface area (Å²) in [7, 11) is 0. The summed E-state index contributed by atoms with van der Waals surface area (Å²) in [6.45, 7) is 4.20. The van der Waals surface area contributed by atoms with E-state index in [2.05, 4.69) is 50.2 Å². The molecule has 1 atom stereocenters. The molecular weight excluding hydrogens is 264 g/mol. The highest BCUT2D eigenvalue weighted by molar-refractivity contribution is 7.19. The Morgan fingerprint density at radius 3 is 2.40 bits per heavy atom. The standard InChI is InChI=1S/C18H18OS/c1-12-7-13(2)9-14(8-12)10-16(19)18-11-15-5-3-4-6-17(15)20-18/h3-9,11,16,19H,10H2,1-2H3. The Morgan fingerprint density at radius 1 is 1.00 bits per heavy atom. The molecule has 1 aromatic heterocycles. The molecule has 0 aliphatic carbocycles. The Kier molecular flexibility index (Phi) is 3.60. The van der Waals surface area contributed by atoms with Crippen LogP contribution in [0.15, 0.2) is 48.5 Å². The molecule has 0 spiro atoms. The molecule has 3 rings (SSSR count). The van der Waals surface area contributed by atoms with Crippen molar-refractivity contribution in [3.8, 4) is 0 Å². The zero-order valence-electron chi connectivity index (χ0n) is 11.8. The van der Waals surface area contributed by atoms with Gasteiger partial charge < -0.3 is 5.11 Å². The fourth-order valence-corrected chi connectivity index (χ4v) is 3.73. The number of benzene rings is 2. The fraction of sp³-hybridized carbons (Fsp3) is 0.222. The van der Waals surface area contributed by atoms with Gasteiger partial charge in [0.25, 0.3) is 0 Å². The van der Waals surface area contributed by atoms with E-state index < -0.39 is 6.10 Å². The minimum Gasteiger partial charge on any atom is -0.387 e. The lowest BCUT2D eigenvalue weighted by Crippen LogP contribution is -2.00. The summed E-state index contributed by atoms with van der Waals surface area (Å²) in [5.41, 5.74) is 3.71. The minimum atomic E-state index is -0.423. The van der Waals surface area contributed by atoms with Gasteiger partial charge in [0, 0.05) is 16.0 Å². The first-order valence-electron chi connectivity index (χ1n) is 6.85. The Labute approximate surface area is 123 Å². The van der Waals surface area contributed by atoms with Crippen LogP contribution in [0.5, 0.6) is 0 Å². The number of rotatable bonds is 3. The molecule has 0 amide bonds. The van der Waals surface area contributed by atoms with Gasteiger partial charge in [-0.3, -0.25) is 0 Å². The second-order valence-corrected chi connectivity index (χ2v) is 6.52. The number of fused-ring (bicyclic) bond motifs is 1. The van der Waals surface area contributed by atoms with Gasteiger partial charge in [0.15, 0.2) is 0 Å². The summed E-state index contributed by atoms with van der Waals surface area (Å²) in [6, 6.07) is 16.9. The second kappa shape index (κ2) is 5.39. The van der Waals surface area contributed by atoms with Gasteiger partial charge in [-0.1, -0.05) is 47.5 Å². The Balaban J connectivity index is 1.86. The van der Waals surface area contributed by atoms with Gasteiger partial charge >= 0.3 is 0 Å². The first-order chi connectivity index (χ1) is 9.61. The highest BCUT2D eigenvalue weighted by Crippen LogP contribution is 2.31. The first kappa shape index (κ1) is 13.3. The smallest absolute Gasteiger partial charge is 0.0922 e. The normalized spacial score (nSPS) is 12.8. The molecule has 0 saturated heterocycles. The lowest BCUT2D eigenvalue weighted by Gasteiger charge is -2.10. The molecular formula is C18H18OS. The van der Waals surface area contributed by atoms with Crippen LogP contribution >= 0.6 is 11.3 Å². The summed E-state index contributed by atoms with van der Waals surface area (Å²) in [6.07, 6.45) is 0.253. The Morgan fingerprint density at radius 2 is 1.70 bits per heavy atom. The SMILES string of the molecule is Cc1cc(C)cc(CC(O)c2cc3ccccc3s2)c1.